The van der Waals surface area contributed by atoms with Gasteiger partial charge in [-0.05, 0) is 48.9 Å². The standard InChI is InChI=1S/C17H28N2O/c1-6-9-18-15-7-8-16(13(4)10-15)17(20)19-11-14(5)12(2)3/h7-8,10,12,14,18H,6,9,11H2,1-5H3,(H,19,20). The Morgan fingerprint density at radius 2 is 1.95 bits per heavy atom. The van der Waals surface area contributed by atoms with Crippen LogP contribution in [0, 0.1) is 18.8 Å². The minimum atomic E-state index is 0.0250. The Hall–Kier alpha value is -1.51. The van der Waals surface area contributed by atoms with Crippen LogP contribution in [0.3, 0.4) is 0 Å². The molecule has 0 bridgehead atoms. The summed E-state index contributed by atoms with van der Waals surface area (Å²) in [6, 6.07) is 5.92. The maximum Gasteiger partial charge on any atom is 0.251 e. The lowest BCUT2D eigenvalue weighted by Gasteiger charge is -2.17. The van der Waals surface area contributed by atoms with E-state index in [9.17, 15) is 4.79 Å². The monoisotopic (exact) mass is 276 g/mol. The van der Waals surface area contributed by atoms with Gasteiger partial charge in [-0.25, -0.2) is 0 Å². The van der Waals surface area contributed by atoms with E-state index in [0.29, 0.717) is 11.8 Å². The maximum absolute atomic E-state index is 12.2. The second-order valence-electron chi connectivity index (χ2n) is 5.89. The van der Waals surface area contributed by atoms with Crippen LogP contribution < -0.4 is 10.6 Å². The first kappa shape index (κ1) is 16.5. The second-order valence-corrected chi connectivity index (χ2v) is 5.89. The van der Waals surface area contributed by atoms with Gasteiger partial charge in [0.25, 0.3) is 5.91 Å². The predicted octanol–water partition coefficient (Wildman–Crippen LogP) is 3.84. The van der Waals surface area contributed by atoms with Gasteiger partial charge >= 0.3 is 0 Å². The van der Waals surface area contributed by atoms with Gasteiger partial charge in [0.05, 0.1) is 0 Å². The Morgan fingerprint density at radius 1 is 1.25 bits per heavy atom. The Kier molecular flexibility index (Phi) is 6.56. The van der Waals surface area contributed by atoms with Gasteiger partial charge in [0.2, 0.25) is 0 Å². The number of hydrogen-bond donors (Lipinski definition) is 2. The first-order valence-electron chi connectivity index (χ1n) is 7.58. The van der Waals surface area contributed by atoms with Crippen LogP contribution in [-0.4, -0.2) is 19.0 Å². The summed E-state index contributed by atoms with van der Waals surface area (Å²) in [5.41, 5.74) is 2.86. The van der Waals surface area contributed by atoms with E-state index in [-0.39, 0.29) is 5.91 Å². The maximum atomic E-state index is 12.2. The van der Waals surface area contributed by atoms with Crippen LogP contribution in [0.25, 0.3) is 0 Å². The number of aryl methyl sites for hydroxylation is 1. The highest BCUT2D eigenvalue weighted by atomic mass is 16.1. The molecule has 20 heavy (non-hydrogen) atoms. The van der Waals surface area contributed by atoms with Crippen molar-refractivity contribution in [1.29, 1.82) is 0 Å². The zero-order valence-corrected chi connectivity index (χ0v) is 13.4. The molecule has 0 spiro atoms. The van der Waals surface area contributed by atoms with Gasteiger partial charge in [-0.3, -0.25) is 4.79 Å². The van der Waals surface area contributed by atoms with Crippen molar-refractivity contribution < 1.29 is 4.79 Å². The van der Waals surface area contributed by atoms with E-state index < -0.39 is 0 Å². The Labute approximate surface area is 123 Å². The molecule has 1 rings (SSSR count). The van der Waals surface area contributed by atoms with Crippen molar-refractivity contribution in [3.63, 3.8) is 0 Å². The van der Waals surface area contributed by atoms with Crippen LogP contribution in [-0.2, 0) is 0 Å². The molecular weight excluding hydrogens is 248 g/mol. The van der Waals surface area contributed by atoms with Crippen LogP contribution in [0.5, 0.6) is 0 Å². The molecule has 1 amide bonds. The number of hydrogen-bond acceptors (Lipinski definition) is 2. The van der Waals surface area contributed by atoms with Crippen LogP contribution in [0.15, 0.2) is 18.2 Å². The lowest BCUT2D eigenvalue weighted by atomic mass is 9.98. The molecule has 1 aromatic rings. The molecule has 1 aromatic carbocycles. The minimum Gasteiger partial charge on any atom is -0.385 e. The van der Waals surface area contributed by atoms with E-state index >= 15 is 0 Å². The molecule has 0 aliphatic carbocycles. The van der Waals surface area contributed by atoms with E-state index in [1.807, 2.05) is 25.1 Å². The van der Waals surface area contributed by atoms with Crippen LogP contribution in [0.4, 0.5) is 5.69 Å². The molecule has 1 atom stereocenters. The summed E-state index contributed by atoms with van der Waals surface area (Å²) in [6.07, 6.45) is 1.09. The molecule has 112 valence electrons. The highest BCUT2D eigenvalue weighted by Gasteiger charge is 2.12. The Bertz CT molecular complexity index is 441. The quantitative estimate of drug-likeness (QED) is 0.794. The number of anilines is 1. The second kappa shape index (κ2) is 7.93. The van der Waals surface area contributed by atoms with Crippen LogP contribution >= 0.6 is 0 Å². The number of nitrogens with one attached hydrogen (secondary N) is 2. The summed E-state index contributed by atoms with van der Waals surface area (Å²) in [4.78, 5) is 12.2. The smallest absolute Gasteiger partial charge is 0.251 e. The van der Waals surface area contributed by atoms with Gasteiger partial charge in [-0.2, -0.15) is 0 Å². The molecule has 0 saturated heterocycles. The van der Waals surface area contributed by atoms with Crippen molar-refractivity contribution in [2.24, 2.45) is 11.8 Å². The fourth-order valence-corrected chi connectivity index (χ4v) is 1.88. The zero-order valence-electron chi connectivity index (χ0n) is 13.4. The molecule has 0 aliphatic heterocycles. The van der Waals surface area contributed by atoms with E-state index in [4.69, 9.17) is 0 Å². The first-order valence-corrected chi connectivity index (χ1v) is 7.58. The normalized spacial score (nSPS) is 12.3. The Balaban J connectivity index is 2.64. The number of amides is 1. The van der Waals surface area contributed by atoms with Crippen molar-refractivity contribution in [3.05, 3.63) is 29.3 Å². The van der Waals surface area contributed by atoms with Gasteiger partial charge in [-0.1, -0.05) is 27.7 Å². The molecule has 3 heteroatoms. The average Bonchev–Trinajstić information content (AvgIpc) is 2.42. The summed E-state index contributed by atoms with van der Waals surface area (Å²) in [5.74, 6) is 1.10. The average molecular weight is 276 g/mol. The molecule has 0 radical (unpaired) electrons. The predicted molar refractivity (Wildman–Crippen MR) is 86.3 cm³/mol. The molecule has 0 aromatic heterocycles. The van der Waals surface area contributed by atoms with Crippen molar-refractivity contribution in [1.82, 2.24) is 5.32 Å². The van der Waals surface area contributed by atoms with Crippen molar-refractivity contribution >= 4 is 11.6 Å². The third-order valence-corrected chi connectivity index (χ3v) is 3.77. The molecule has 0 fully saturated rings. The van der Waals surface area contributed by atoms with E-state index in [1.165, 1.54) is 0 Å². The van der Waals surface area contributed by atoms with Crippen molar-refractivity contribution in [2.75, 3.05) is 18.4 Å². The number of benzene rings is 1. The number of rotatable bonds is 7. The molecule has 3 nitrogen and oxygen atoms in total. The van der Waals surface area contributed by atoms with E-state index in [0.717, 1.165) is 36.3 Å². The molecule has 1 unspecified atom stereocenters. The first-order chi connectivity index (χ1) is 9.45. The Morgan fingerprint density at radius 3 is 2.50 bits per heavy atom. The molecule has 0 heterocycles. The van der Waals surface area contributed by atoms with Crippen LogP contribution in [0.2, 0.25) is 0 Å². The SMILES string of the molecule is CCCNc1ccc(C(=O)NCC(C)C(C)C)c(C)c1. The fraction of sp³-hybridized carbons (Fsp3) is 0.588. The summed E-state index contributed by atoms with van der Waals surface area (Å²) < 4.78 is 0. The summed E-state index contributed by atoms with van der Waals surface area (Å²) in [5, 5.41) is 6.36. The van der Waals surface area contributed by atoms with Gasteiger partial charge in [0.15, 0.2) is 0 Å². The summed E-state index contributed by atoms with van der Waals surface area (Å²) in [7, 11) is 0. The topological polar surface area (TPSA) is 41.1 Å². The lowest BCUT2D eigenvalue weighted by Crippen LogP contribution is -2.30. The highest BCUT2D eigenvalue weighted by Crippen LogP contribution is 2.16. The van der Waals surface area contributed by atoms with E-state index in [2.05, 4.69) is 38.3 Å². The van der Waals surface area contributed by atoms with Crippen LogP contribution in [0.1, 0.15) is 50.0 Å². The summed E-state index contributed by atoms with van der Waals surface area (Å²) >= 11 is 0. The largest absolute Gasteiger partial charge is 0.385 e. The van der Waals surface area contributed by atoms with Gasteiger partial charge in [0, 0.05) is 24.3 Å². The molecule has 0 aliphatic rings. The third-order valence-electron chi connectivity index (χ3n) is 3.77. The minimum absolute atomic E-state index is 0.0250. The molecule has 2 N–H and O–H groups in total. The molecular formula is C17H28N2O. The van der Waals surface area contributed by atoms with Gasteiger partial charge < -0.3 is 10.6 Å². The van der Waals surface area contributed by atoms with Gasteiger partial charge in [-0.15, -0.1) is 0 Å². The highest BCUT2D eigenvalue weighted by molar-refractivity contribution is 5.96. The number of carbonyl (C=O) groups is 1. The summed E-state index contributed by atoms with van der Waals surface area (Å²) in [6.45, 7) is 12.3. The third kappa shape index (κ3) is 4.87. The van der Waals surface area contributed by atoms with E-state index in [1.54, 1.807) is 0 Å². The van der Waals surface area contributed by atoms with Crippen molar-refractivity contribution in [3.8, 4) is 0 Å². The number of carbonyl (C=O) groups excluding carboxylic acids is 1. The molecule has 0 saturated carbocycles. The lowest BCUT2D eigenvalue weighted by molar-refractivity contribution is 0.0944. The van der Waals surface area contributed by atoms with Gasteiger partial charge in [0.1, 0.15) is 0 Å². The zero-order chi connectivity index (χ0) is 15.1. The van der Waals surface area contributed by atoms with Crippen molar-refractivity contribution in [2.45, 2.75) is 41.0 Å². The fourth-order valence-electron chi connectivity index (χ4n) is 1.88.